The average Bonchev–Trinajstić information content (AvgIpc) is 3.28. The molecule has 2 saturated heterocycles. The molecule has 1 aromatic carbocycles. The number of carboxylic acids is 1. The van der Waals surface area contributed by atoms with Crippen molar-refractivity contribution in [2.24, 2.45) is 11.3 Å². The number of carboxylic acid groups (broad SMARTS) is 1. The van der Waals surface area contributed by atoms with E-state index in [1.807, 2.05) is 32.0 Å². The molecule has 0 aromatic heterocycles. The molecule has 3 fully saturated rings. The van der Waals surface area contributed by atoms with E-state index in [0.29, 0.717) is 25.7 Å². The van der Waals surface area contributed by atoms with Gasteiger partial charge in [-0.25, -0.2) is 0 Å². The minimum Gasteiger partial charge on any atom is -0.481 e. The quantitative estimate of drug-likeness (QED) is 0.905. The minimum absolute atomic E-state index is 0.0111. The zero-order valence-electron chi connectivity index (χ0n) is 15.7. The normalized spacial score (nSPS) is 29.3. The molecule has 5 heteroatoms. The number of aryl methyl sites for hydroxylation is 2. The second-order valence-electron chi connectivity index (χ2n) is 8.48. The summed E-state index contributed by atoms with van der Waals surface area (Å²) in [5.41, 5.74) is 1.86. The van der Waals surface area contributed by atoms with E-state index < -0.39 is 11.4 Å². The highest BCUT2D eigenvalue weighted by molar-refractivity contribution is 5.98. The van der Waals surface area contributed by atoms with Gasteiger partial charge in [-0.1, -0.05) is 31.0 Å². The zero-order chi connectivity index (χ0) is 18.5. The molecular weight excluding hydrogens is 328 g/mol. The van der Waals surface area contributed by atoms with E-state index in [2.05, 4.69) is 4.90 Å². The van der Waals surface area contributed by atoms with Crippen LogP contribution in [0.5, 0.6) is 0 Å². The van der Waals surface area contributed by atoms with Crippen LogP contribution in [0.4, 0.5) is 0 Å². The van der Waals surface area contributed by atoms with Gasteiger partial charge in [0.2, 0.25) is 0 Å². The Bertz CT molecular complexity index is 721. The Labute approximate surface area is 155 Å². The summed E-state index contributed by atoms with van der Waals surface area (Å²) in [5, 5.41) is 10.0. The van der Waals surface area contributed by atoms with Gasteiger partial charge in [-0.15, -0.1) is 0 Å². The van der Waals surface area contributed by atoms with Crippen molar-refractivity contribution in [3.63, 3.8) is 0 Å². The third kappa shape index (κ3) is 2.64. The molecule has 140 valence electrons. The summed E-state index contributed by atoms with van der Waals surface area (Å²) >= 11 is 0. The largest absolute Gasteiger partial charge is 0.481 e. The van der Waals surface area contributed by atoms with E-state index in [9.17, 15) is 14.7 Å². The predicted octanol–water partition coefficient (Wildman–Crippen LogP) is 2.70. The molecule has 1 N–H and O–H groups in total. The summed E-state index contributed by atoms with van der Waals surface area (Å²) in [6.07, 6.45) is 4.88. The summed E-state index contributed by atoms with van der Waals surface area (Å²) in [4.78, 5) is 29.6. The van der Waals surface area contributed by atoms with Crippen LogP contribution in [0.1, 0.15) is 47.2 Å². The number of rotatable bonds is 3. The van der Waals surface area contributed by atoms with Crippen LogP contribution in [0.2, 0.25) is 0 Å². The molecule has 3 aliphatic rings. The topological polar surface area (TPSA) is 60.9 Å². The van der Waals surface area contributed by atoms with Gasteiger partial charge in [0.25, 0.3) is 5.91 Å². The van der Waals surface area contributed by atoms with Crippen molar-refractivity contribution in [1.82, 2.24) is 9.80 Å². The maximum Gasteiger partial charge on any atom is 0.313 e. The average molecular weight is 356 g/mol. The standard InChI is InChI=1S/C21H28N2O3/c1-14-6-5-7-15(2)18(14)19(24)23-11-16-10-22(17-8-3-4-9-17)12-21(16,13-23)20(25)26/h5-7,16-17H,3-4,8-13H2,1-2H3,(H,25,26)/t16-,21-/m0/s1. The number of hydrogen-bond donors (Lipinski definition) is 1. The fourth-order valence-corrected chi connectivity index (χ4v) is 5.42. The molecule has 2 atom stereocenters. The van der Waals surface area contributed by atoms with Gasteiger partial charge in [0.05, 0.1) is 0 Å². The summed E-state index contributed by atoms with van der Waals surface area (Å²) in [5.74, 6) is -0.711. The van der Waals surface area contributed by atoms with Crippen molar-refractivity contribution in [3.05, 3.63) is 34.9 Å². The Balaban J connectivity index is 1.57. The maximum atomic E-state index is 13.1. The Hall–Kier alpha value is -1.88. The number of amides is 1. The first-order valence-corrected chi connectivity index (χ1v) is 9.75. The lowest BCUT2D eigenvalue weighted by Gasteiger charge is -2.29. The molecule has 4 rings (SSSR count). The smallest absolute Gasteiger partial charge is 0.313 e. The first-order chi connectivity index (χ1) is 12.4. The number of fused-ring (bicyclic) bond motifs is 1. The molecule has 0 bridgehead atoms. The predicted molar refractivity (Wildman–Crippen MR) is 99.2 cm³/mol. The van der Waals surface area contributed by atoms with Gasteiger partial charge in [0.1, 0.15) is 5.41 Å². The van der Waals surface area contributed by atoms with Crippen molar-refractivity contribution in [2.75, 3.05) is 26.2 Å². The van der Waals surface area contributed by atoms with E-state index in [1.54, 1.807) is 4.90 Å². The SMILES string of the molecule is Cc1cccc(C)c1C(=O)N1C[C@@H]2CN(C3CCCC3)C[C@]2(C(=O)O)C1. The van der Waals surface area contributed by atoms with Gasteiger partial charge in [-0.2, -0.15) is 0 Å². The molecule has 5 nitrogen and oxygen atoms in total. The number of carbonyl (C=O) groups excluding carboxylic acids is 1. The Morgan fingerprint density at radius 1 is 1.08 bits per heavy atom. The van der Waals surface area contributed by atoms with Gasteiger partial charge < -0.3 is 10.0 Å². The van der Waals surface area contributed by atoms with Gasteiger partial charge in [0.15, 0.2) is 0 Å². The fraction of sp³-hybridized carbons (Fsp3) is 0.619. The minimum atomic E-state index is -0.797. The van der Waals surface area contributed by atoms with Crippen molar-refractivity contribution >= 4 is 11.9 Å². The Morgan fingerprint density at radius 2 is 1.73 bits per heavy atom. The van der Waals surface area contributed by atoms with Gasteiger partial charge in [-0.05, 0) is 37.8 Å². The zero-order valence-corrected chi connectivity index (χ0v) is 15.7. The van der Waals surface area contributed by atoms with E-state index in [0.717, 1.165) is 23.2 Å². The molecular formula is C21H28N2O3. The van der Waals surface area contributed by atoms with Crippen LogP contribution in [0.25, 0.3) is 0 Å². The van der Waals surface area contributed by atoms with Crippen molar-refractivity contribution in [1.29, 1.82) is 0 Å². The lowest BCUT2D eigenvalue weighted by molar-refractivity contribution is -0.148. The van der Waals surface area contributed by atoms with Crippen molar-refractivity contribution in [3.8, 4) is 0 Å². The Morgan fingerprint density at radius 3 is 2.31 bits per heavy atom. The molecule has 1 aromatic rings. The first kappa shape index (κ1) is 17.5. The summed E-state index contributed by atoms with van der Waals surface area (Å²) in [6, 6.07) is 6.40. The number of aliphatic carboxylic acids is 1. The van der Waals surface area contributed by atoms with E-state index in [1.165, 1.54) is 25.7 Å². The monoisotopic (exact) mass is 356 g/mol. The summed E-state index contributed by atoms with van der Waals surface area (Å²) in [6.45, 7) is 6.20. The van der Waals surface area contributed by atoms with E-state index >= 15 is 0 Å². The third-order valence-electron chi connectivity index (χ3n) is 6.88. The number of benzene rings is 1. The molecule has 26 heavy (non-hydrogen) atoms. The molecule has 1 aliphatic carbocycles. The van der Waals surface area contributed by atoms with E-state index in [-0.39, 0.29) is 11.8 Å². The molecule has 0 unspecified atom stereocenters. The fourth-order valence-electron chi connectivity index (χ4n) is 5.42. The van der Waals surface area contributed by atoms with Gasteiger partial charge in [-0.3, -0.25) is 14.5 Å². The number of hydrogen-bond acceptors (Lipinski definition) is 3. The van der Waals surface area contributed by atoms with Crippen LogP contribution in [0.15, 0.2) is 18.2 Å². The maximum absolute atomic E-state index is 13.1. The van der Waals surface area contributed by atoms with E-state index in [4.69, 9.17) is 0 Å². The summed E-state index contributed by atoms with van der Waals surface area (Å²) in [7, 11) is 0. The molecule has 0 spiro atoms. The second-order valence-corrected chi connectivity index (χ2v) is 8.48. The molecule has 0 radical (unpaired) electrons. The number of nitrogens with zero attached hydrogens (tertiary/aromatic N) is 2. The van der Waals surface area contributed by atoms with Crippen molar-refractivity contribution in [2.45, 2.75) is 45.6 Å². The lowest BCUT2D eigenvalue weighted by Crippen LogP contribution is -2.43. The Kier molecular flexibility index (Phi) is 4.30. The third-order valence-corrected chi connectivity index (χ3v) is 6.88. The van der Waals surface area contributed by atoms with Crippen LogP contribution in [-0.2, 0) is 4.79 Å². The highest BCUT2D eigenvalue weighted by Gasteiger charge is 2.59. The second kappa shape index (κ2) is 6.38. The number of carbonyl (C=O) groups is 2. The van der Waals surface area contributed by atoms with Crippen LogP contribution in [0, 0.1) is 25.2 Å². The van der Waals surface area contributed by atoms with Crippen LogP contribution < -0.4 is 0 Å². The number of likely N-dealkylation sites (tertiary alicyclic amines) is 2. The van der Waals surface area contributed by atoms with Gasteiger partial charge >= 0.3 is 5.97 Å². The first-order valence-electron chi connectivity index (χ1n) is 9.75. The highest BCUT2D eigenvalue weighted by Crippen LogP contribution is 2.45. The summed E-state index contributed by atoms with van der Waals surface area (Å²) < 4.78 is 0. The van der Waals surface area contributed by atoms with Crippen LogP contribution >= 0.6 is 0 Å². The van der Waals surface area contributed by atoms with Crippen LogP contribution in [0.3, 0.4) is 0 Å². The molecule has 1 saturated carbocycles. The highest BCUT2D eigenvalue weighted by atomic mass is 16.4. The lowest BCUT2D eigenvalue weighted by atomic mass is 9.81. The van der Waals surface area contributed by atoms with Crippen LogP contribution in [-0.4, -0.2) is 59.0 Å². The molecule has 1 amide bonds. The van der Waals surface area contributed by atoms with Crippen molar-refractivity contribution < 1.29 is 14.7 Å². The molecule has 2 aliphatic heterocycles. The van der Waals surface area contributed by atoms with Gasteiger partial charge in [0, 0.05) is 43.7 Å². The molecule has 2 heterocycles.